The van der Waals surface area contributed by atoms with Crippen molar-refractivity contribution in [2.45, 2.75) is 229 Å². The Bertz CT molecular complexity index is 1200. The molecule has 0 radical (unpaired) electrons. The van der Waals surface area contributed by atoms with Gasteiger partial charge in [-0.05, 0) is 213 Å². The van der Waals surface area contributed by atoms with Gasteiger partial charge in [-0.3, -0.25) is 0 Å². The summed E-state index contributed by atoms with van der Waals surface area (Å²) in [4.78, 5) is 0. The van der Waals surface area contributed by atoms with Crippen molar-refractivity contribution >= 4 is 0 Å². The maximum absolute atomic E-state index is 7.71. The summed E-state index contributed by atoms with van der Waals surface area (Å²) < 4.78 is 7.71. The SMILES string of the molecule is CC(C)CCC[C@H](C)[C@@H]1CC[C@H]2[C@H]3CC[C@H]4CCCC(COC5CCC[C@@H]6CC[C@@H]7[C@@H]8CC[C@@H]([C@@H](C)CCCC(C)C)[C@@]8(C)CC[C@@H]7[C@@]56C)[C@]4(C)[C@H]3CC[C@@]21C. The number of fused-ring (bicyclic) bond motifs is 10. The molecule has 56 heavy (non-hydrogen) atoms. The molecule has 8 aliphatic rings. The highest BCUT2D eigenvalue weighted by atomic mass is 16.5. The van der Waals surface area contributed by atoms with Crippen molar-refractivity contribution in [2.75, 3.05) is 6.61 Å². The van der Waals surface area contributed by atoms with E-state index >= 15 is 0 Å². The van der Waals surface area contributed by atoms with Gasteiger partial charge in [0.05, 0.1) is 12.7 Å². The minimum Gasteiger partial charge on any atom is -0.377 e. The zero-order valence-electron chi connectivity index (χ0n) is 39.3. The van der Waals surface area contributed by atoms with Crippen molar-refractivity contribution in [3.63, 3.8) is 0 Å². The molecule has 0 heterocycles. The molecule has 2 unspecified atom stereocenters. The third-order valence-corrected chi connectivity index (χ3v) is 22.5. The van der Waals surface area contributed by atoms with Gasteiger partial charge in [0.1, 0.15) is 0 Å². The van der Waals surface area contributed by atoms with Gasteiger partial charge in [-0.25, -0.2) is 0 Å². The zero-order valence-corrected chi connectivity index (χ0v) is 39.3. The molecule has 18 atom stereocenters. The van der Waals surface area contributed by atoms with Crippen molar-refractivity contribution in [1.82, 2.24) is 0 Å². The van der Waals surface area contributed by atoms with Crippen LogP contribution in [0.4, 0.5) is 0 Å². The first kappa shape index (κ1) is 42.6. The van der Waals surface area contributed by atoms with Gasteiger partial charge < -0.3 is 4.74 Å². The Morgan fingerprint density at radius 2 is 0.946 bits per heavy atom. The number of ether oxygens (including phenoxy) is 1. The van der Waals surface area contributed by atoms with Crippen LogP contribution in [0.25, 0.3) is 0 Å². The molecule has 1 heteroatoms. The van der Waals surface area contributed by atoms with Crippen LogP contribution in [0.3, 0.4) is 0 Å². The van der Waals surface area contributed by atoms with E-state index in [1.165, 1.54) is 141 Å². The number of hydrogen-bond donors (Lipinski definition) is 0. The van der Waals surface area contributed by atoms with Crippen LogP contribution >= 0.6 is 0 Å². The van der Waals surface area contributed by atoms with Crippen molar-refractivity contribution < 1.29 is 4.74 Å². The molecule has 1 nitrogen and oxygen atoms in total. The van der Waals surface area contributed by atoms with E-state index in [2.05, 4.69) is 69.2 Å². The largest absolute Gasteiger partial charge is 0.377 e. The summed E-state index contributed by atoms with van der Waals surface area (Å²) in [5, 5.41) is 0. The normalized spacial score (nSPS) is 49.7. The van der Waals surface area contributed by atoms with E-state index in [4.69, 9.17) is 4.74 Å². The van der Waals surface area contributed by atoms with Gasteiger partial charge in [-0.2, -0.15) is 0 Å². The van der Waals surface area contributed by atoms with Gasteiger partial charge in [0.2, 0.25) is 0 Å². The fraction of sp³-hybridized carbons (Fsp3) is 1.00. The van der Waals surface area contributed by atoms with E-state index < -0.39 is 0 Å². The third-order valence-electron chi connectivity index (χ3n) is 22.5. The summed E-state index contributed by atoms with van der Waals surface area (Å²) in [7, 11) is 0. The molecule has 0 aromatic carbocycles. The molecular formula is C55H96O. The monoisotopic (exact) mass is 773 g/mol. The molecule has 0 N–H and O–H groups in total. The Kier molecular flexibility index (Phi) is 12.7. The molecule has 0 amide bonds. The van der Waals surface area contributed by atoms with Crippen LogP contribution in [0.5, 0.6) is 0 Å². The Morgan fingerprint density at radius 3 is 1.46 bits per heavy atom. The lowest BCUT2D eigenvalue weighted by molar-refractivity contribution is -0.201. The average molecular weight is 773 g/mol. The average Bonchev–Trinajstić information content (AvgIpc) is 3.70. The zero-order chi connectivity index (χ0) is 39.6. The Labute approximate surface area is 350 Å². The van der Waals surface area contributed by atoms with Crippen LogP contribution < -0.4 is 0 Å². The maximum atomic E-state index is 7.71. The van der Waals surface area contributed by atoms with E-state index in [-0.39, 0.29) is 0 Å². The van der Waals surface area contributed by atoms with Crippen molar-refractivity contribution in [3.8, 4) is 0 Å². The Morgan fingerprint density at radius 1 is 0.464 bits per heavy atom. The lowest BCUT2D eigenvalue weighted by Gasteiger charge is -2.64. The van der Waals surface area contributed by atoms with Crippen molar-refractivity contribution in [1.29, 1.82) is 0 Å². The van der Waals surface area contributed by atoms with E-state index in [9.17, 15) is 0 Å². The highest BCUT2D eigenvalue weighted by Gasteiger charge is 2.64. The second-order valence-corrected chi connectivity index (χ2v) is 25.5. The fourth-order valence-electron chi connectivity index (χ4n) is 19.6. The minimum atomic E-state index is 0.408. The molecule has 8 rings (SSSR count). The first-order chi connectivity index (χ1) is 26.7. The topological polar surface area (TPSA) is 9.23 Å². The maximum Gasteiger partial charge on any atom is 0.0634 e. The summed E-state index contributed by atoms with van der Waals surface area (Å²) in [5.41, 5.74) is 2.11. The molecule has 322 valence electrons. The van der Waals surface area contributed by atoms with Crippen molar-refractivity contribution in [3.05, 3.63) is 0 Å². The Hall–Kier alpha value is -0.0400. The lowest BCUT2D eigenvalue weighted by Crippen LogP contribution is -2.59. The molecule has 0 spiro atoms. The highest BCUT2D eigenvalue weighted by Crippen LogP contribution is 2.71. The van der Waals surface area contributed by atoms with E-state index in [0.717, 1.165) is 95.4 Å². The quantitative estimate of drug-likeness (QED) is 0.181. The van der Waals surface area contributed by atoms with E-state index in [0.29, 0.717) is 27.8 Å². The molecule has 0 bridgehead atoms. The van der Waals surface area contributed by atoms with Crippen LogP contribution in [-0.4, -0.2) is 12.7 Å². The van der Waals surface area contributed by atoms with Gasteiger partial charge in [0.15, 0.2) is 0 Å². The molecular weight excluding hydrogens is 677 g/mol. The number of rotatable bonds is 13. The molecule has 0 aliphatic heterocycles. The van der Waals surface area contributed by atoms with Gasteiger partial charge in [0, 0.05) is 0 Å². The second-order valence-electron chi connectivity index (χ2n) is 25.5. The van der Waals surface area contributed by atoms with Crippen molar-refractivity contribution in [2.24, 2.45) is 110 Å². The molecule has 0 aromatic rings. The van der Waals surface area contributed by atoms with Crippen LogP contribution in [-0.2, 0) is 4.74 Å². The van der Waals surface area contributed by atoms with Crippen LogP contribution in [0.2, 0.25) is 0 Å². The highest BCUT2D eigenvalue weighted by molar-refractivity contribution is 5.13. The molecule has 8 saturated carbocycles. The second kappa shape index (κ2) is 16.7. The molecule has 0 aromatic heterocycles. The first-order valence-corrected chi connectivity index (χ1v) is 26.3. The van der Waals surface area contributed by atoms with Gasteiger partial charge in [0.25, 0.3) is 0 Å². The molecule has 0 saturated heterocycles. The summed E-state index contributed by atoms with van der Waals surface area (Å²) in [5.74, 6) is 13.9. The summed E-state index contributed by atoms with van der Waals surface area (Å²) in [6.45, 7) is 27.4. The smallest absolute Gasteiger partial charge is 0.0634 e. The molecule has 8 aliphatic carbocycles. The predicted molar refractivity (Wildman–Crippen MR) is 239 cm³/mol. The number of hydrogen-bond acceptors (Lipinski definition) is 1. The van der Waals surface area contributed by atoms with E-state index in [1.807, 2.05) is 0 Å². The van der Waals surface area contributed by atoms with Crippen LogP contribution in [0.1, 0.15) is 223 Å². The van der Waals surface area contributed by atoms with Gasteiger partial charge in [-0.1, -0.05) is 121 Å². The van der Waals surface area contributed by atoms with Gasteiger partial charge >= 0.3 is 0 Å². The third kappa shape index (κ3) is 7.20. The first-order valence-electron chi connectivity index (χ1n) is 26.3. The fourth-order valence-corrected chi connectivity index (χ4v) is 19.6. The standard InChI is InChI=1S/C55H96O/c1-36(2)15-11-17-38(5)45-27-29-47-43-25-23-40-19-13-21-42(54(40,9)49(43)31-33-52(45,47)7)35-56-51-22-14-20-41-24-26-44-48-30-28-46(39(6)18-12-16-37(3)4)53(48,8)34-32-50(44)55(41,51)10/h36-51H,11-35H2,1-10H3/t38-,39-,40+,41+,42?,43+,44+,45-,46-,47-,48-,49-,50-,51?,52+,53+,54+,55-/m0/s1. The van der Waals surface area contributed by atoms with Crippen LogP contribution in [0.15, 0.2) is 0 Å². The van der Waals surface area contributed by atoms with Gasteiger partial charge in [-0.15, -0.1) is 0 Å². The summed E-state index contributed by atoms with van der Waals surface area (Å²) in [6.07, 6.45) is 36.2. The molecule has 8 fully saturated rings. The van der Waals surface area contributed by atoms with Crippen LogP contribution in [0, 0.1) is 110 Å². The lowest BCUT2D eigenvalue weighted by atomic mass is 9.42. The predicted octanol–water partition coefficient (Wildman–Crippen LogP) is 16.2. The summed E-state index contributed by atoms with van der Waals surface area (Å²) >= 11 is 0. The Balaban J connectivity index is 0.951. The summed E-state index contributed by atoms with van der Waals surface area (Å²) in [6, 6.07) is 0. The minimum absolute atomic E-state index is 0.408. The van der Waals surface area contributed by atoms with E-state index in [1.54, 1.807) is 12.8 Å².